The molecule has 1 saturated heterocycles. The maximum Gasteiger partial charge on any atom is 0.237 e. The van der Waals surface area contributed by atoms with Gasteiger partial charge in [-0.2, -0.15) is 0 Å². The molecule has 35 heavy (non-hydrogen) atoms. The van der Waals surface area contributed by atoms with Crippen LogP contribution < -0.4 is 10.6 Å². The van der Waals surface area contributed by atoms with E-state index in [4.69, 9.17) is 0 Å². The Kier molecular flexibility index (Phi) is 7.72. The summed E-state index contributed by atoms with van der Waals surface area (Å²) in [6.07, 6.45) is 2.67. The molecule has 2 aliphatic heterocycles. The van der Waals surface area contributed by atoms with Gasteiger partial charge in [0.15, 0.2) is 0 Å². The zero-order valence-corrected chi connectivity index (χ0v) is 21.6. The molecule has 4 rings (SSSR count). The molecule has 1 amide bonds. The molecule has 0 spiro atoms. The number of hydrogen-bond donors (Lipinski definition) is 4. The van der Waals surface area contributed by atoms with Gasteiger partial charge in [0.05, 0.1) is 6.04 Å². The molecule has 2 aromatic carbocycles. The average molecular weight is 480 g/mol. The lowest BCUT2D eigenvalue weighted by atomic mass is 9.68. The Morgan fingerprint density at radius 1 is 1.20 bits per heavy atom. The van der Waals surface area contributed by atoms with Crippen LogP contribution in [0.15, 0.2) is 42.5 Å². The van der Waals surface area contributed by atoms with Crippen LogP contribution in [0.3, 0.4) is 0 Å². The molecule has 2 aromatic rings. The van der Waals surface area contributed by atoms with Crippen LogP contribution in [0, 0.1) is 11.8 Å². The van der Waals surface area contributed by atoms with Crippen LogP contribution in [0.5, 0.6) is 11.5 Å². The van der Waals surface area contributed by atoms with Crippen molar-refractivity contribution in [2.45, 2.75) is 71.0 Å². The number of phenolic OH excluding ortho intramolecular Hbond substituents is 2. The van der Waals surface area contributed by atoms with E-state index in [1.54, 1.807) is 18.2 Å². The minimum Gasteiger partial charge on any atom is -0.508 e. The Morgan fingerprint density at radius 2 is 1.97 bits per heavy atom. The van der Waals surface area contributed by atoms with Gasteiger partial charge in [0.25, 0.3) is 0 Å². The lowest BCUT2D eigenvalue weighted by Crippen LogP contribution is -2.56. The van der Waals surface area contributed by atoms with E-state index in [-0.39, 0.29) is 29.2 Å². The fourth-order valence-corrected chi connectivity index (χ4v) is 5.67. The maximum absolute atomic E-state index is 13.3. The van der Waals surface area contributed by atoms with Crippen molar-refractivity contribution in [1.82, 2.24) is 15.5 Å². The van der Waals surface area contributed by atoms with Gasteiger partial charge >= 0.3 is 0 Å². The van der Waals surface area contributed by atoms with Crippen molar-refractivity contribution in [3.05, 3.63) is 59.2 Å². The van der Waals surface area contributed by atoms with Gasteiger partial charge < -0.3 is 25.7 Å². The number of carbonyl (C=O) groups excluding carboxylic acids is 1. The van der Waals surface area contributed by atoms with Crippen molar-refractivity contribution in [2.75, 3.05) is 19.6 Å². The monoisotopic (exact) mass is 479 g/mol. The first-order chi connectivity index (χ1) is 16.7. The number of fused-ring (bicyclic) bond motifs is 1. The minimum atomic E-state index is -0.257. The third-order valence-corrected chi connectivity index (χ3v) is 8.66. The number of hydrogen-bond acceptors (Lipinski definition) is 5. The van der Waals surface area contributed by atoms with Crippen molar-refractivity contribution in [3.8, 4) is 11.5 Å². The summed E-state index contributed by atoms with van der Waals surface area (Å²) in [6, 6.07) is 12.9. The summed E-state index contributed by atoms with van der Waals surface area (Å²) in [7, 11) is 0. The van der Waals surface area contributed by atoms with Crippen molar-refractivity contribution >= 4 is 5.91 Å². The van der Waals surface area contributed by atoms with Crippen LogP contribution in [0.2, 0.25) is 0 Å². The highest BCUT2D eigenvalue weighted by Crippen LogP contribution is 2.40. The van der Waals surface area contributed by atoms with Crippen LogP contribution in [-0.2, 0) is 23.2 Å². The summed E-state index contributed by atoms with van der Waals surface area (Å²) in [4.78, 5) is 15.8. The first-order valence-electron chi connectivity index (χ1n) is 13.1. The quantitative estimate of drug-likeness (QED) is 0.483. The van der Waals surface area contributed by atoms with Gasteiger partial charge in [0.1, 0.15) is 11.5 Å². The Balaban J connectivity index is 1.39. The molecule has 6 heteroatoms. The van der Waals surface area contributed by atoms with E-state index >= 15 is 0 Å². The zero-order chi connectivity index (χ0) is 25.2. The number of nitrogens with zero attached hydrogens (tertiary/aromatic N) is 1. The van der Waals surface area contributed by atoms with Gasteiger partial charge in [-0.15, -0.1) is 0 Å². The van der Waals surface area contributed by atoms with Gasteiger partial charge in [-0.3, -0.25) is 4.79 Å². The van der Waals surface area contributed by atoms with Crippen molar-refractivity contribution in [1.29, 1.82) is 0 Å². The topological polar surface area (TPSA) is 84.8 Å². The first kappa shape index (κ1) is 25.5. The first-order valence-corrected chi connectivity index (χ1v) is 13.1. The van der Waals surface area contributed by atoms with Crippen LogP contribution >= 0.6 is 0 Å². The molecule has 0 aliphatic carbocycles. The molecule has 0 aromatic heterocycles. The Bertz CT molecular complexity index is 1040. The molecule has 1 fully saturated rings. The maximum atomic E-state index is 13.3. The van der Waals surface area contributed by atoms with E-state index in [9.17, 15) is 15.0 Å². The normalized spacial score (nSPS) is 26.5. The molecular formula is C29H41N3O3. The smallest absolute Gasteiger partial charge is 0.237 e. The molecule has 0 saturated carbocycles. The SMILES string of the molecule is CC[C@H](C)[C@@H](CN1CC[C@@](C)(c2cccc(O)c2)[C@@H](C)C1)NC(=O)[C@H]1Cc2ccc(O)cc2CN1. The zero-order valence-electron chi connectivity index (χ0n) is 21.6. The number of piperidine rings is 1. The average Bonchev–Trinajstić information content (AvgIpc) is 2.85. The third-order valence-electron chi connectivity index (χ3n) is 8.66. The highest BCUT2D eigenvalue weighted by atomic mass is 16.3. The molecule has 0 bridgehead atoms. The van der Waals surface area contributed by atoms with E-state index in [0.717, 1.165) is 43.6 Å². The summed E-state index contributed by atoms with van der Waals surface area (Å²) >= 11 is 0. The number of aromatic hydroxyl groups is 2. The Hall–Kier alpha value is -2.57. The molecule has 4 N–H and O–H groups in total. The number of benzene rings is 2. The van der Waals surface area contributed by atoms with Gasteiger partial charge in [0.2, 0.25) is 5.91 Å². The molecule has 190 valence electrons. The second-order valence-corrected chi connectivity index (χ2v) is 11.0. The molecule has 0 radical (unpaired) electrons. The molecule has 0 unspecified atom stereocenters. The number of amides is 1. The molecule has 2 aliphatic rings. The van der Waals surface area contributed by atoms with Crippen molar-refractivity contribution in [2.24, 2.45) is 11.8 Å². The molecule has 5 atom stereocenters. The minimum absolute atomic E-state index is 0.0260. The van der Waals surface area contributed by atoms with E-state index in [1.807, 2.05) is 18.2 Å². The summed E-state index contributed by atoms with van der Waals surface area (Å²) in [5.74, 6) is 1.46. The summed E-state index contributed by atoms with van der Waals surface area (Å²) in [6.45, 7) is 12.4. The standard InChI is InChI=1S/C29H41N3O3/c1-5-19(2)27(31-28(35)26-14-21-9-10-25(34)13-22(21)16-30-26)18-32-12-11-29(4,20(3)17-32)23-7-6-8-24(33)15-23/h6-10,13,15,19-20,26-27,30,33-34H,5,11-12,14,16-18H2,1-4H3,(H,31,35)/t19-,20-,26+,27+,29+/m0/s1. The second kappa shape index (κ2) is 10.6. The van der Waals surface area contributed by atoms with E-state index in [1.165, 1.54) is 5.56 Å². The van der Waals surface area contributed by atoms with Gasteiger partial charge in [0, 0.05) is 25.7 Å². The summed E-state index contributed by atoms with van der Waals surface area (Å²) < 4.78 is 0. The lowest BCUT2D eigenvalue weighted by Gasteiger charge is -2.46. The largest absolute Gasteiger partial charge is 0.508 e. The van der Waals surface area contributed by atoms with Crippen molar-refractivity contribution < 1.29 is 15.0 Å². The fraction of sp³-hybridized carbons (Fsp3) is 0.552. The van der Waals surface area contributed by atoms with Gasteiger partial charge in [-0.05, 0) is 77.6 Å². The van der Waals surface area contributed by atoms with E-state index in [2.05, 4.69) is 49.3 Å². The van der Waals surface area contributed by atoms with Crippen LogP contribution in [0.4, 0.5) is 0 Å². The second-order valence-electron chi connectivity index (χ2n) is 11.0. The lowest BCUT2D eigenvalue weighted by molar-refractivity contribution is -0.124. The molecule has 2 heterocycles. The number of rotatable bonds is 7. The van der Waals surface area contributed by atoms with Crippen LogP contribution in [-0.4, -0.2) is 52.7 Å². The van der Waals surface area contributed by atoms with Crippen LogP contribution in [0.1, 0.15) is 57.2 Å². The van der Waals surface area contributed by atoms with Gasteiger partial charge in [-0.25, -0.2) is 0 Å². The third kappa shape index (κ3) is 5.65. The Morgan fingerprint density at radius 3 is 2.69 bits per heavy atom. The predicted octanol–water partition coefficient (Wildman–Crippen LogP) is 3.94. The number of phenols is 2. The number of nitrogens with one attached hydrogen (secondary N) is 2. The van der Waals surface area contributed by atoms with Crippen LogP contribution in [0.25, 0.3) is 0 Å². The highest BCUT2D eigenvalue weighted by Gasteiger charge is 2.39. The number of likely N-dealkylation sites (tertiary alicyclic amines) is 1. The summed E-state index contributed by atoms with van der Waals surface area (Å²) in [5, 5.41) is 26.5. The van der Waals surface area contributed by atoms with Crippen molar-refractivity contribution in [3.63, 3.8) is 0 Å². The highest BCUT2D eigenvalue weighted by molar-refractivity contribution is 5.82. The molecular weight excluding hydrogens is 438 g/mol. The van der Waals surface area contributed by atoms with Gasteiger partial charge in [-0.1, -0.05) is 52.3 Å². The number of carbonyl (C=O) groups is 1. The Labute approximate surface area is 209 Å². The van der Waals surface area contributed by atoms with E-state index < -0.39 is 0 Å². The molecule has 6 nitrogen and oxygen atoms in total. The fourth-order valence-electron chi connectivity index (χ4n) is 5.67. The predicted molar refractivity (Wildman–Crippen MR) is 140 cm³/mol. The summed E-state index contributed by atoms with van der Waals surface area (Å²) in [5.41, 5.74) is 3.41. The van der Waals surface area contributed by atoms with E-state index in [0.29, 0.717) is 30.6 Å².